The van der Waals surface area contributed by atoms with Crippen molar-refractivity contribution in [2.45, 2.75) is 64.8 Å². The van der Waals surface area contributed by atoms with Crippen molar-refractivity contribution in [2.24, 2.45) is 0 Å². The Kier molecular flexibility index (Phi) is 18.5. The van der Waals surface area contributed by atoms with Gasteiger partial charge < -0.3 is 30.2 Å². The molecule has 12 nitrogen and oxygen atoms in total. The Balaban J connectivity index is 0.000000206. The van der Waals surface area contributed by atoms with E-state index in [9.17, 15) is 19.2 Å². The number of amides is 4. The van der Waals surface area contributed by atoms with Gasteiger partial charge in [0.15, 0.2) is 0 Å². The molecule has 2 saturated heterocycles. The molecule has 0 radical (unpaired) electrons. The molecule has 2 fully saturated rings. The number of halogens is 1. The van der Waals surface area contributed by atoms with Gasteiger partial charge in [-0.05, 0) is 98.2 Å². The van der Waals surface area contributed by atoms with Gasteiger partial charge in [0.2, 0.25) is 11.8 Å². The van der Waals surface area contributed by atoms with Crippen molar-refractivity contribution < 1.29 is 19.2 Å². The van der Waals surface area contributed by atoms with E-state index in [4.69, 9.17) is 11.6 Å². The topological polar surface area (TPSA) is 131 Å². The quantitative estimate of drug-likeness (QED) is 0.0988. The van der Waals surface area contributed by atoms with Gasteiger partial charge >= 0.3 is 0 Å². The number of piperazine rings is 2. The third kappa shape index (κ3) is 14.7. The number of carbonyl (C=O) groups is 4. The maximum atomic E-state index is 13.1. The van der Waals surface area contributed by atoms with Crippen LogP contribution in [0.2, 0.25) is 5.02 Å². The number of aryl methyl sites for hydroxylation is 2. The van der Waals surface area contributed by atoms with Gasteiger partial charge in [0.1, 0.15) is 11.6 Å². The standard InChI is InChI=1S/C29H34N4O2.C28H31ClN4O2/c1-22-8-11-25(12-9-22)20-28(34)33-18-16-32(17-19-33)27-15-14-26(21-30-27)29(35)31-23(2)10-13-24-6-4-3-5-7-24;1-2-25(22-8-4-3-5-9-22)28(35)33-17-15-32(16-18-33)26-12-11-23(20-31-26)27(34)30-14-13-21-7-6-10-24(29)19-21/h3-9,11-12,14-15,21,23H,10,13,16-20H2,1-2H3,(H,31,35);3-12,19-20,25H,2,13-18H2,1H3,(H,30,34). The minimum atomic E-state index is -0.145. The molecular weight excluding hydrogens is 896 g/mol. The summed E-state index contributed by atoms with van der Waals surface area (Å²) in [5.74, 6) is 1.67. The summed E-state index contributed by atoms with van der Waals surface area (Å²) in [7, 11) is 0. The van der Waals surface area contributed by atoms with Crippen molar-refractivity contribution in [1.82, 2.24) is 30.4 Å². The summed E-state index contributed by atoms with van der Waals surface area (Å²) in [5.41, 5.74) is 6.77. The van der Waals surface area contributed by atoms with Crippen molar-refractivity contribution in [2.75, 3.05) is 68.7 Å². The fourth-order valence-corrected chi connectivity index (χ4v) is 8.94. The predicted octanol–water partition coefficient (Wildman–Crippen LogP) is 8.58. The Morgan fingerprint density at radius 2 is 1.19 bits per heavy atom. The van der Waals surface area contributed by atoms with Crippen LogP contribution in [0.1, 0.15) is 81.1 Å². The second-order valence-corrected chi connectivity index (χ2v) is 18.5. The van der Waals surface area contributed by atoms with Crippen molar-refractivity contribution >= 4 is 46.9 Å². The number of anilines is 2. The van der Waals surface area contributed by atoms with Gasteiger partial charge in [-0.3, -0.25) is 19.2 Å². The Morgan fingerprint density at radius 1 is 0.614 bits per heavy atom. The first kappa shape index (κ1) is 50.8. The van der Waals surface area contributed by atoms with Crippen molar-refractivity contribution in [3.8, 4) is 0 Å². The van der Waals surface area contributed by atoms with Crippen LogP contribution >= 0.6 is 11.6 Å². The molecule has 2 N–H and O–H groups in total. The lowest BCUT2D eigenvalue weighted by Gasteiger charge is -2.37. The maximum Gasteiger partial charge on any atom is 0.253 e. The second kappa shape index (κ2) is 25.5. The highest BCUT2D eigenvalue weighted by Gasteiger charge is 2.28. The van der Waals surface area contributed by atoms with Gasteiger partial charge in [0.05, 0.1) is 23.5 Å². The summed E-state index contributed by atoms with van der Waals surface area (Å²) in [4.78, 5) is 68.2. The normalized spacial score (nSPS) is 14.5. The van der Waals surface area contributed by atoms with E-state index in [0.717, 1.165) is 73.8 Å². The first-order valence-electron chi connectivity index (χ1n) is 24.5. The summed E-state index contributed by atoms with van der Waals surface area (Å²) in [6, 6.07) is 43.6. The SMILES string of the molecule is CCC(C(=O)N1CCN(c2ccc(C(=O)NCCc3cccc(Cl)c3)cn2)CC1)c1ccccc1.Cc1ccc(CC(=O)N2CCN(c3ccc(C(=O)NC(C)CCc4ccccc4)cn3)CC2)cc1. The number of hydrogen-bond acceptors (Lipinski definition) is 8. The number of nitrogens with one attached hydrogen (secondary N) is 2. The predicted molar refractivity (Wildman–Crippen MR) is 280 cm³/mol. The van der Waals surface area contributed by atoms with Gasteiger partial charge in [0, 0.05) is 82.4 Å². The first-order chi connectivity index (χ1) is 34.0. The van der Waals surface area contributed by atoms with Crippen molar-refractivity contribution in [1.29, 1.82) is 0 Å². The van der Waals surface area contributed by atoms with Gasteiger partial charge in [0.25, 0.3) is 11.8 Å². The van der Waals surface area contributed by atoms with E-state index in [-0.39, 0.29) is 35.6 Å². The lowest BCUT2D eigenvalue weighted by atomic mass is 9.95. The molecule has 2 unspecified atom stereocenters. The highest BCUT2D eigenvalue weighted by molar-refractivity contribution is 6.30. The average molecular weight is 962 g/mol. The molecular formula is C57H65ClN8O4. The summed E-state index contributed by atoms with van der Waals surface area (Å²) < 4.78 is 0. The van der Waals surface area contributed by atoms with Crippen LogP contribution in [0.25, 0.3) is 0 Å². The van der Waals surface area contributed by atoms with Crippen LogP contribution in [-0.2, 0) is 28.9 Å². The Morgan fingerprint density at radius 3 is 1.76 bits per heavy atom. The zero-order chi connectivity index (χ0) is 49.2. The van der Waals surface area contributed by atoms with E-state index < -0.39 is 0 Å². The zero-order valence-corrected chi connectivity index (χ0v) is 41.4. The molecule has 2 aliphatic rings. The summed E-state index contributed by atoms with van der Waals surface area (Å²) in [5, 5.41) is 6.70. The van der Waals surface area contributed by atoms with E-state index in [0.29, 0.717) is 61.7 Å². The fourth-order valence-electron chi connectivity index (χ4n) is 8.73. The van der Waals surface area contributed by atoms with Crippen LogP contribution in [0.15, 0.2) is 146 Å². The molecule has 8 rings (SSSR count). The smallest absolute Gasteiger partial charge is 0.253 e. The number of pyridine rings is 2. The molecule has 2 aromatic heterocycles. The van der Waals surface area contributed by atoms with Gasteiger partial charge in [-0.25, -0.2) is 9.97 Å². The maximum absolute atomic E-state index is 13.1. The molecule has 2 atom stereocenters. The van der Waals surface area contributed by atoms with Gasteiger partial charge in [-0.1, -0.05) is 121 Å². The van der Waals surface area contributed by atoms with Gasteiger partial charge in [-0.15, -0.1) is 0 Å². The molecule has 0 spiro atoms. The minimum Gasteiger partial charge on any atom is -0.353 e. The number of aromatic nitrogens is 2. The van der Waals surface area contributed by atoms with Crippen LogP contribution < -0.4 is 20.4 Å². The average Bonchev–Trinajstić information content (AvgIpc) is 3.40. The van der Waals surface area contributed by atoms with Crippen LogP contribution in [-0.4, -0.2) is 108 Å². The Bertz CT molecular complexity index is 2600. The van der Waals surface area contributed by atoms with E-state index in [1.807, 2.05) is 139 Å². The third-order valence-electron chi connectivity index (χ3n) is 13.0. The molecule has 0 aliphatic carbocycles. The molecule has 4 amide bonds. The molecule has 0 saturated carbocycles. The van der Waals surface area contributed by atoms with E-state index in [2.05, 4.69) is 49.5 Å². The van der Waals surface area contributed by atoms with Crippen LogP contribution in [0.4, 0.5) is 11.6 Å². The summed E-state index contributed by atoms with van der Waals surface area (Å²) in [6.07, 6.45) is 7.00. The zero-order valence-electron chi connectivity index (χ0n) is 40.6. The number of hydrogen-bond donors (Lipinski definition) is 2. The lowest BCUT2D eigenvalue weighted by Crippen LogP contribution is -2.50. The lowest BCUT2D eigenvalue weighted by molar-refractivity contribution is -0.133. The molecule has 4 heterocycles. The highest BCUT2D eigenvalue weighted by atomic mass is 35.5. The van der Waals surface area contributed by atoms with Gasteiger partial charge in [-0.2, -0.15) is 0 Å². The number of nitrogens with zero attached hydrogens (tertiary/aromatic N) is 6. The van der Waals surface area contributed by atoms with Crippen LogP contribution in [0.3, 0.4) is 0 Å². The number of rotatable bonds is 16. The summed E-state index contributed by atoms with van der Waals surface area (Å²) in [6.45, 7) is 12.2. The summed E-state index contributed by atoms with van der Waals surface area (Å²) >= 11 is 6.01. The van der Waals surface area contributed by atoms with E-state index in [1.54, 1.807) is 18.5 Å². The first-order valence-corrected chi connectivity index (χ1v) is 24.9. The van der Waals surface area contributed by atoms with E-state index >= 15 is 0 Å². The fraction of sp³-hybridized carbons (Fsp3) is 0.333. The molecule has 0 bridgehead atoms. The molecule has 2 aliphatic heterocycles. The Hall–Kier alpha value is -7.05. The van der Waals surface area contributed by atoms with Crippen molar-refractivity contribution in [3.63, 3.8) is 0 Å². The van der Waals surface area contributed by atoms with Crippen LogP contribution in [0.5, 0.6) is 0 Å². The second-order valence-electron chi connectivity index (χ2n) is 18.1. The third-order valence-corrected chi connectivity index (χ3v) is 13.2. The Labute approximate surface area is 418 Å². The van der Waals surface area contributed by atoms with Crippen LogP contribution in [0, 0.1) is 6.92 Å². The molecule has 13 heteroatoms. The molecule has 70 heavy (non-hydrogen) atoms. The van der Waals surface area contributed by atoms with Crippen molar-refractivity contribution in [3.05, 3.63) is 190 Å². The monoisotopic (exact) mass is 960 g/mol. The molecule has 364 valence electrons. The molecule has 6 aromatic rings. The molecule has 4 aromatic carbocycles. The minimum absolute atomic E-state index is 0.0768. The number of benzene rings is 4. The van der Waals surface area contributed by atoms with E-state index in [1.165, 1.54) is 11.1 Å². The largest absolute Gasteiger partial charge is 0.353 e. The highest BCUT2D eigenvalue weighted by Crippen LogP contribution is 2.24. The number of carbonyl (C=O) groups excluding carboxylic acids is 4.